The normalized spacial score (nSPS) is 25.6. The third kappa shape index (κ3) is 4.73. The standard InChI is InChI=1S/C16H25N3O3S/c1-18-7-9-22-14(11-18)12-19(16-17-6-10-23-16)15(20)5-4-13-3-2-8-21-13/h6,10,13-14H,2-5,7-9,11-12H2,1H3/t13-,14+/m1/s1. The van der Waals surface area contributed by atoms with Crippen LogP contribution in [-0.4, -0.2) is 67.9 Å². The van der Waals surface area contributed by atoms with Gasteiger partial charge >= 0.3 is 0 Å². The Morgan fingerprint density at radius 3 is 3.00 bits per heavy atom. The summed E-state index contributed by atoms with van der Waals surface area (Å²) in [7, 11) is 2.09. The Bertz CT molecular complexity index is 491. The van der Waals surface area contributed by atoms with E-state index in [1.807, 2.05) is 5.38 Å². The molecule has 0 bridgehead atoms. The number of anilines is 1. The molecule has 0 aliphatic carbocycles. The molecule has 6 nitrogen and oxygen atoms in total. The van der Waals surface area contributed by atoms with E-state index in [9.17, 15) is 4.79 Å². The van der Waals surface area contributed by atoms with Gasteiger partial charge in [0.15, 0.2) is 5.13 Å². The minimum Gasteiger partial charge on any atom is -0.378 e. The molecule has 7 heteroatoms. The number of aromatic nitrogens is 1. The maximum absolute atomic E-state index is 12.7. The number of rotatable bonds is 6. The second-order valence-corrected chi connectivity index (χ2v) is 7.12. The predicted molar refractivity (Wildman–Crippen MR) is 89.9 cm³/mol. The number of morpholine rings is 1. The Labute approximate surface area is 141 Å². The van der Waals surface area contributed by atoms with Crippen LogP contribution in [0.4, 0.5) is 5.13 Å². The largest absolute Gasteiger partial charge is 0.378 e. The Morgan fingerprint density at radius 2 is 2.30 bits per heavy atom. The third-order valence-corrected chi connectivity index (χ3v) is 5.18. The van der Waals surface area contributed by atoms with Crippen LogP contribution in [0, 0.1) is 0 Å². The van der Waals surface area contributed by atoms with Crippen molar-refractivity contribution >= 4 is 22.4 Å². The Morgan fingerprint density at radius 1 is 1.43 bits per heavy atom. The summed E-state index contributed by atoms with van der Waals surface area (Å²) in [6.07, 6.45) is 5.52. The molecule has 23 heavy (non-hydrogen) atoms. The van der Waals surface area contributed by atoms with Crippen LogP contribution in [0.1, 0.15) is 25.7 Å². The fourth-order valence-electron chi connectivity index (χ4n) is 3.11. The molecule has 0 unspecified atom stereocenters. The molecule has 2 atom stereocenters. The van der Waals surface area contributed by atoms with E-state index in [2.05, 4.69) is 16.9 Å². The molecule has 1 aromatic heterocycles. The fourth-order valence-corrected chi connectivity index (χ4v) is 3.78. The molecule has 0 radical (unpaired) electrons. The lowest BCUT2D eigenvalue weighted by atomic mass is 10.1. The Hall–Kier alpha value is -1.02. The number of likely N-dealkylation sites (N-methyl/N-ethyl adjacent to an activating group) is 1. The molecule has 2 fully saturated rings. The lowest BCUT2D eigenvalue weighted by Crippen LogP contribution is -2.47. The average molecular weight is 339 g/mol. The van der Waals surface area contributed by atoms with Gasteiger partial charge in [0, 0.05) is 37.7 Å². The van der Waals surface area contributed by atoms with Crippen LogP contribution in [-0.2, 0) is 14.3 Å². The van der Waals surface area contributed by atoms with Crippen molar-refractivity contribution in [1.29, 1.82) is 0 Å². The number of amides is 1. The van der Waals surface area contributed by atoms with Crippen molar-refractivity contribution in [3.8, 4) is 0 Å². The van der Waals surface area contributed by atoms with Crippen LogP contribution in [0.5, 0.6) is 0 Å². The van der Waals surface area contributed by atoms with Crippen LogP contribution in [0.2, 0.25) is 0 Å². The number of nitrogens with zero attached hydrogens (tertiary/aromatic N) is 3. The van der Waals surface area contributed by atoms with E-state index in [1.165, 1.54) is 11.3 Å². The number of carbonyl (C=O) groups excluding carboxylic acids is 1. The number of hydrogen-bond donors (Lipinski definition) is 0. The van der Waals surface area contributed by atoms with Crippen LogP contribution in [0.3, 0.4) is 0 Å². The number of thiazole rings is 1. The van der Waals surface area contributed by atoms with E-state index >= 15 is 0 Å². The maximum atomic E-state index is 12.7. The zero-order valence-corrected chi connectivity index (χ0v) is 14.5. The SMILES string of the molecule is CN1CCO[C@H](CN(C(=O)CC[C@H]2CCCO2)c2nccs2)C1. The summed E-state index contributed by atoms with van der Waals surface area (Å²) in [6, 6.07) is 0. The highest BCUT2D eigenvalue weighted by Crippen LogP contribution is 2.22. The maximum Gasteiger partial charge on any atom is 0.228 e. The van der Waals surface area contributed by atoms with Gasteiger partial charge in [0.1, 0.15) is 0 Å². The smallest absolute Gasteiger partial charge is 0.228 e. The highest BCUT2D eigenvalue weighted by Gasteiger charge is 2.27. The quantitative estimate of drug-likeness (QED) is 0.790. The predicted octanol–water partition coefficient (Wildman–Crippen LogP) is 1.77. The molecular formula is C16H25N3O3S. The number of ether oxygens (including phenoxy) is 2. The second kappa shape index (κ2) is 8.19. The summed E-state index contributed by atoms with van der Waals surface area (Å²) in [5, 5.41) is 2.67. The van der Waals surface area contributed by atoms with Crippen molar-refractivity contribution < 1.29 is 14.3 Å². The molecule has 3 heterocycles. The molecule has 128 valence electrons. The van der Waals surface area contributed by atoms with Crippen molar-refractivity contribution in [3.63, 3.8) is 0 Å². The average Bonchev–Trinajstić information content (AvgIpc) is 3.23. The van der Waals surface area contributed by atoms with Crippen LogP contribution in [0.15, 0.2) is 11.6 Å². The lowest BCUT2D eigenvalue weighted by Gasteiger charge is -2.33. The van der Waals surface area contributed by atoms with Gasteiger partial charge in [0.05, 0.1) is 25.4 Å². The van der Waals surface area contributed by atoms with Crippen LogP contribution in [0.25, 0.3) is 0 Å². The van der Waals surface area contributed by atoms with Gasteiger partial charge in [-0.25, -0.2) is 4.98 Å². The van der Waals surface area contributed by atoms with E-state index in [0.29, 0.717) is 13.0 Å². The minimum absolute atomic E-state index is 0.0457. The number of carbonyl (C=O) groups is 1. The summed E-state index contributed by atoms with van der Waals surface area (Å²) >= 11 is 1.50. The van der Waals surface area contributed by atoms with Crippen molar-refractivity contribution in [2.45, 2.75) is 37.9 Å². The van der Waals surface area contributed by atoms with Gasteiger partial charge in [0.25, 0.3) is 0 Å². The van der Waals surface area contributed by atoms with E-state index in [4.69, 9.17) is 9.47 Å². The van der Waals surface area contributed by atoms with E-state index in [0.717, 1.165) is 50.7 Å². The molecule has 1 aromatic rings. The molecule has 2 saturated heterocycles. The second-order valence-electron chi connectivity index (χ2n) is 6.25. The molecule has 2 aliphatic rings. The van der Waals surface area contributed by atoms with Gasteiger partial charge in [-0.1, -0.05) is 0 Å². The summed E-state index contributed by atoms with van der Waals surface area (Å²) in [5.41, 5.74) is 0. The van der Waals surface area contributed by atoms with Gasteiger partial charge in [-0.15, -0.1) is 11.3 Å². The Kier molecular flexibility index (Phi) is 5.99. The van der Waals surface area contributed by atoms with Gasteiger partial charge in [0.2, 0.25) is 5.91 Å². The summed E-state index contributed by atoms with van der Waals surface area (Å²) in [4.78, 5) is 21.1. The fraction of sp³-hybridized carbons (Fsp3) is 0.750. The van der Waals surface area contributed by atoms with E-state index in [-0.39, 0.29) is 18.1 Å². The molecular weight excluding hydrogens is 314 g/mol. The van der Waals surface area contributed by atoms with Gasteiger partial charge in [-0.3, -0.25) is 9.69 Å². The molecule has 0 spiro atoms. The van der Waals surface area contributed by atoms with Crippen molar-refractivity contribution in [1.82, 2.24) is 9.88 Å². The highest BCUT2D eigenvalue weighted by atomic mass is 32.1. The molecule has 0 aromatic carbocycles. The summed E-state index contributed by atoms with van der Waals surface area (Å²) < 4.78 is 11.4. The zero-order chi connectivity index (χ0) is 16.1. The van der Waals surface area contributed by atoms with E-state index in [1.54, 1.807) is 11.1 Å². The lowest BCUT2D eigenvalue weighted by molar-refractivity contribution is -0.120. The van der Waals surface area contributed by atoms with Crippen LogP contribution >= 0.6 is 11.3 Å². The van der Waals surface area contributed by atoms with Gasteiger partial charge < -0.3 is 14.4 Å². The molecule has 3 rings (SSSR count). The first kappa shape index (κ1) is 16.8. The first-order valence-electron chi connectivity index (χ1n) is 8.34. The zero-order valence-electron chi connectivity index (χ0n) is 13.6. The summed E-state index contributed by atoms with van der Waals surface area (Å²) in [6.45, 7) is 3.91. The first-order chi connectivity index (χ1) is 11.2. The van der Waals surface area contributed by atoms with Crippen molar-refractivity contribution in [2.24, 2.45) is 0 Å². The number of hydrogen-bond acceptors (Lipinski definition) is 6. The first-order valence-corrected chi connectivity index (χ1v) is 9.22. The highest BCUT2D eigenvalue weighted by molar-refractivity contribution is 7.13. The molecule has 1 amide bonds. The van der Waals surface area contributed by atoms with E-state index < -0.39 is 0 Å². The summed E-state index contributed by atoms with van der Waals surface area (Å²) in [5.74, 6) is 0.118. The van der Waals surface area contributed by atoms with Crippen LogP contribution < -0.4 is 4.90 Å². The molecule has 0 N–H and O–H groups in total. The van der Waals surface area contributed by atoms with Gasteiger partial charge in [-0.2, -0.15) is 0 Å². The monoisotopic (exact) mass is 339 g/mol. The molecule has 2 aliphatic heterocycles. The van der Waals surface area contributed by atoms with Gasteiger partial charge in [-0.05, 0) is 26.3 Å². The minimum atomic E-state index is 0.0457. The topological polar surface area (TPSA) is 54.9 Å². The third-order valence-electron chi connectivity index (χ3n) is 4.38. The Balaban J connectivity index is 1.59. The van der Waals surface area contributed by atoms with Crippen molar-refractivity contribution in [2.75, 3.05) is 44.8 Å². The molecule has 0 saturated carbocycles. The van der Waals surface area contributed by atoms with Crippen molar-refractivity contribution in [3.05, 3.63) is 11.6 Å².